The van der Waals surface area contributed by atoms with E-state index in [-0.39, 0.29) is 21.7 Å². The summed E-state index contributed by atoms with van der Waals surface area (Å²) in [7, 11) is 0. The normalized spacial score (nSPS) is 14.4. The Kier molecular flexibility index (Phi) is 10.6. The minimum atomic E-state index is -1.36. The van der Waals surface area contributed by atoms with E-state index in [0.717, 1.165) is 38.9 Å². The van der Waals surface area contributed by atoms with Gasteiger partial charge in [-0.25, -0.2) is 0 Å². The molecule has 0 heterocycles. The van der Waals surface area contributed by atoms with Gasteiger partial charge in [0.05, 0.1) is 25.2 Å². The van der Waals surface area contributed by atoms with Crippen LogP contribution in [0.25, 0.3) is 0 Å². The Morgan fingerprint density at radius 3 is 1.27 bits per heavy atom. The number of aliphatic hydroxyl groups excluding tert-OH is 3. The molecule has 0 radical (unpaired) electrons. The maximum absolute atomic E-state index is 10.8. The van der Waals surface area contributed by atoms with Crippen LogP contribution in [-0.2, 0) is 34.7 Å². The average molecular weight is 571 g/mol. The molecule has 6 nitrogen and oxygen atoms in total. The highest BCUT2D eigenvalue weighted by Crippen LogP contribution is 2.49. The SMILES string of the molecule is CC(C)(C)c1c(CN)ccc(OC(c2ccc(CN)c(C(C)(C)C)c2C(C)(C)C)C(CO)(CO)CO)c1C(C)(C)C. The van der Waals surface area contributed by atoms with Crippen LogP contribution in [0.3, 0.4) is 0 Å². The Balaban J connectivity index is 3.14. The molecular formula is C35H58N2O4. The summed E-state index contributed by atoms with van der Waals surface area (Å²) in [6.07, 6.45) is -0.859. The van der Waals surface area contributed by atoms with Crippen molar-refractivity contribution in [1.82, 2.24) is 0 Å². The fraction of sp³-hybridized carbons (Fsp3) is 0.657. The van der Waals surface area contributed by atoms with Gasteiger partial charge in [0.25, 0.3) is 0 Å². The zero-order chi connectivity index (χ0) is 31.8. The molecule has 0 bridgehead atoms. The number of ether oxygens (including phenoxy) is 1. The molecule has 1 atom stereocenters. The van der Waals surface area contributed by atoms with Gasteiger partial charge in [-0.2, -0.15) is 0 Å². The van der Waals surface area contributed by atoms with Gasteiger partial charge in [0.1, 0.15) is 11.9 Å². The quantitative estimate of drug-likeness (QED) is 0.257. The molecule has 0 spiro atoms. The van der Waals surface area contributed by atoms with Gasteiger partial charge in [-0.15, -0.1) is 0 Å². The van der Waals surface area contributed by atoms with E-state index in [2.05, 4.69) is 83.1 Å². The molecule has 0 aromatic heterocycles. The van der Waals surface area contributed by atoms with Gasteiger partial charge >= 0.3 is 0 Å². The van der Waals surface area contributed by atoms with Crippen molar-refractivity contribution in [2.24, 2.45) is 16.9 Å². The number of nitrogens with two attached hydrogens (primary N) is 2. The van der Waals surface area contributed by atoms with Crippen LogP contribution in [0.15, 0.2) is 24.3 Å². The monoisotopic (exact) mass is 570 g/mol. The van der Waals surface area contributed by atoms with Gasteiger partial charge in [0.15, 0.2) is 0 Å². The molecule has 0 amide bonds. The minimum absolute atomic E-state index is 0.215. The van der Waals surface area contributed by atoms with Crippen molar-refractivity contribution >= 4 is 0 Å². The number of rotatable bonds is 9. The first-order chi connectivity index (χ1) is 18.6. The summed E-state index contributed by atoms with van der Waals surface area (Å²) in [5.74, 6) is 0.657. The van der Waals surface area contributed by atoms with E-state index in [1.165, 1.54) is 0 Å². The predicted octanol–water partition coefficient (Wildman–Crippen LogP) is 5.88. The van der Waals surface area contributed by atoms with Crippen LogP contribution >= 0.6 is 0 Å². The standard InChI is InChI=1S/C35H58N2O4/c1-31(2,3)26-22(17-36)13-15-24(28(26)33(7,8)9)30(35(19-38,20-39)21-40)41-25-16-14-23(18-37)27(32(4,5)6)29(25)34(10,11)12/h13-16,30,38-40H,17-21,36-37H2,1-12H3. The van der Waals surface area contributed by atoms with Crippen LogP contribution in [0, 0.1) is 5.41 Å². The summed E-state index contributed by atoms with van der Waals surface area (Å²) >= 11 is 0. The highest BCUT2D eigenvalue weighted by atomic mass is 16.5. The predicted molar refractivity (Wildman–Crippen MR) is 171 cm³/mol. The van der Waals surface area contributed by atoms with Crippen molar-refractivity contribution in [1.29, 1.82) is 0 Å². The first-order valence-corrected chi connectivity index (χ1v) is 14.9. The molecule has 232 valence electrons. The van der Waals surface area contributed by atoms with E-state index in [1.54, 1.807) is 0 Å². The lowest BCUT2D eigenvalue weighted by atomic mass is 9.68. The van der Waals surface area contributed by atoms with Gasteiger partial charge in [-0.05, 0) is 61.1 Å². The Bertz CT molecular complexity index is 1180. The second kappa shape index (κ2) is 12.3. The maximum Gasteiger partial charge on any atom is 0.136 e. The number of benzene rings is 2. The third-order valence-corrected chi connectivity index (χ3v) is 8.05. The zero-order valence-electron chi connectivity index (χ0n) is 27.8. The largest absolute Gasteiger partial charge is 0.485 e. The molecule has 0 aliphatic rings. The first kappa shape index (κ1) is 35.2. The van der Waals surface area contributed by atoms with Gasteiger partial charge in [-0.1, -0.05) is 101 Å². The summed E-state index contributed by atoms with van der Waals surface area (Å²) in [5, 5.41) is 32.3. The molecule has 0 aliphatic carbocycles. The Morgan fingerprint density at radius 2 is 0.927 bits per heavy atom. The van der Waals surface area contributed by atoms with Gasteiger partial charge in [0, 0.05) is 18.7 Å². The summed E-state index contributed by atoms with van der Waals surface area (Å²) in [4.78, 5) is 0. The van der Waals surface area contributed by atoms with Crippen LogP contribution < -0.4 is 16.2 Å². The minimum Gasteiger partial charge on any atom is -0.485 e. The van der Waals surface area contributed by atoms with E-state index in [0.29, 0.717) is 18.8 Å². The molecular weight excluding hydrogens is 512 g/mol. The third-order valence-electron chi connectivity index (χ3n) is 8.05. The van der Waals surface area contributed by atoms with Crippen molar-refractivity contribution in [2.45, 2.75) is 124 Å². The Labute approximate surface area is 249 Å². The highest BCUT2D eigenvalue weighted by molar-refractivity contribution is 5.54. The van der Waals surface area contributed by atoms with E-state index >= 15 is 0 Å². The molecule has 6 heteroatoms. The zero-order valence-corrected chi connectivity index (χ0v) is 27.8. The van der Waals surface area contributed by atoms with Crippen molar-refractivity contribution in [3.05, 3.63) is 63.2 Å². The smallest absolute Gasteiger partial charge is 0.136 e. The van der Waals surface area contributed by atoms with Crippen molar-refractivity contribution in [3.63, 3.8) is 0 Å². The highest BCUT2D eigenvalue weighted by Gasteiger charge is 2.45. The van der Waals surface area contributed by atoms with Crippen molar-refractivity contribution in [3.8, 4) is 5.75 Å². The number of hydrogen-bond donors (Lipinski definition) is 5. The van der Waals surface area contributed by atoms with Crippen LogP contribution in [-0.4, -0.2) is 35.1 Å². The van der Waals surface area contributed by atoms with E-state index in [1.807, 2.05) is 24.3 Å². The Hall–Kier alpha value is -1.96. The molecule has 7 N–H and O–H groups in total. The fourth-order valence-corrected chi connectivity index (χ4v) is 6.26. The fourth-order valence-electron chi connectivity index (χ4n) is 6.26. The second-order valence-electron chi connectivity index (χ2n) is 15.8. The number of hydrogen-bond acceptors (Lipinski definition) is 6. The second-order valence-corrected chi connectivity index (χ2v) is 15.8. The van der Waals surface area contributed by atoms with Gasteiger partial charge in [-0.3, -0.25) is 0 Å². The number of aliphatic hydroxyl groups is 3. The van der Waals surface area contributed by atoms with Crippen LogP contribution in [0.4, 0.5) is 0 Å². The van der Waals surface area contributed by atoms with Crippen molar-refractivity contribution < 1.29 is 20.1 Å². The molecule has 41 heavy (non-hydrogen) atoms. The summed E-state index contributed by atoms with van der Waals surface area (Å²) in [5.41, 5.74) is 17.4. The molecule has 2 rings (SSSR count). The average Bonchev–Trinajstić information content (AvgIpc) is 2.85. The third kappa shape index (κ3) is 7.17. The molecule has 1 unspecified atom stereocenters. The van der Waals surface area contributed by atoms with Gasteiger partial charge < -0.3 is 31.5 Å². The van der Waals surface area contributed by atoms with Crippen molar-refractivity contribution in [2.75, 3.05) is 19.8 Å². The maximum atomic E-state index is 10.8. The molecule has 0 saturated heterocycles. The van der Waals surface area contributed by atoms with E-state index in [4.69, 9.17) is 16.2 Å². The summed E-state index contributed by atoms with van der Waals surface area (Å²) < 4.78 is 7.06. The molecule has 0 saturated carbocycles. The lowest BCUT2D eigenvalue weighted by molar-refractivity contribution is -0.0753. The molecule has 2 aromatic rings. The molecule has 0 fully saturated rings. The Morgan fingerprint density at radius 1 is 0.561 bits per heavy atom. The van der Waals surface area contributed by atoms with Crippen LogP contribution in [0.1, 0.15) is 128 Å². The summed E-state index contributed by atoms with van der Waals surface area (Å²) in [6, 6.07) is 8.01. The molecule has 2 aromatic carbocycles. The van der Waals surface area contributed by atoms with Crippen LogP contribution in [0.5, 0.6) is 5.75 Å². The summed E-state index contributed by atoms with van der Waals surface area (Å²) in [6.45, 7) is 25.4. The molecule has 0 aliphatic heterocycles. The lowest BCUT2D eigenvalue weighted by Gasteiger charge is -2.43. The van der Waals surface area contributed by atoms with Crippen LogP contribution in [0.2, 0.25) is 0 Å². The van der Waals surface area contributed by atoms with E-state index in [9.17, 15) is 15.3 Å². The topological polar surface area (TPSA) is 122 Å². The lowest BCUT2D eigenvalue weighted by Crippen LogP contribution is -2.44. The van der Waals surface area contributed by atoms with Gasteiger partial charge in [0.2, 0.25) is 0 Å². The van der Waals surface area contributed by atoms with E-state index < -0.39 is 31.3 Å². The first-order valence-electron chi connectivity index (χ1n) is 14.9.